The summed E-state index contributed by atoms with van der Waals surface area (Å²) < 4.78 is 25.5. The second-order valence-corrected chi connectivity index (χ2v) is 6.77. The van der Waals surface area contributed by atoms with Crippen LogP contribution in [0.3, 0.4) is 0 Å². The number of pyridine rings is 1. The number of alkyl halides is 1. The molecule has 8 nitrogen and oxygen atoms in total. The van der Waals surface area contributed by atoms with Gasteiger partial charge in [-0.05, 0) is 37.8 Å². The van der Waals surface area contributed by atoms with E-state index < -0.39 is 6.36 Å². The fraction of sp³-hybridized carbons (Fsp3) is 0.500. The summed E-state index contributed by atoms with van der Waals surface area (Å²) in [5.41, 5.74) is 1.71. The number of hydrogen-bond acceptors (Lipinski definition) is 6. The summed E-state index contributed by atoms with van der Waals surface area (Å²) in [7, 11) is 0. The molecule has 0 aliphatic carbocycles. The van der Waals surface area contributed by atoms with Crippen LogP contribution in [0.1, 0.15) is 25.6 Å². The van der Waals surface area contributed by atoms with E-state index in [0.717, 1.165) is 49.6 Å². The van der Waals surface area contributed by atoms with Gasteiger partial charge in [0.25, 0.3) is 0 Å². The minimum atomic E-state index is -1.42. The molecule has 27 heavy (non-hydrogen) atoms. The van der Waals surface area contributed by atoms with Crippen LogP contribution in [0.5, 0.6) is 5.88 Å². The van der Waals surface area contributed by atoms with E-state index in [1.807, 2.05) is 19.1 Å². The van der Waals surface area contributed by atoms with Crippen molar-refractivity contribution in [1.82, 2.24) is 24.7 Å². The van der Waals surface area contributed by atoms with Crippen LogP contribution in [-0.4, -0.2) is 44.3 Å². The summed E-state index contributed by atoms with van der Waals surface area (Å²) in [6.45, 7) is 5.83. The molecule has 1 fully saturated rings. The van der Waals surface area contributed by atoms with Gasteiger partial charge in [0.05, 0.1) is 0 Å². The molecule has 4 rings (SSSR count). The highest BCUT2D eigenvalue weighted by Gasteiger charge is 2.18. The number of H-pyrrole nitrogens is 1. The van der Waals surface area contributed by atoms with Crippen molar-refractivity contribution in [3.05, 3.63) is 24.0 Å². The van der Waals surface area contributed by atoms with Gasteiger partial charge in [0.1, 0.15) is 23.0 Å². The van der Waals surface area contributed by atoms with Crippen molar-refractivity contribution < 1.29 is 13.9 Å². The lowest BCUT2D eigenvalue weighted by molar-refractivity contribution is 0.0614. The zero-order chi connectivity index (χ0) is 18.8. The first-order valence-corrected chi connectivity index (χ1v) is 9.13. The number of anilines is 2. The van der Waals surface area contributed by atoms with E-state index in [9.17, 15) is 4.39 Å². The van der Waals surface area contributed by atoms with Crippen LogP contribution in [0.15, 0.2) is 18.2 Å². The molecule has 0 bridgehead atoms. The first kappa shape index (κ1) is 17.7. The highest BCUT2D eigenvalue weighted by molar-refractivity contribution is 5.74. The lowest BCUT2D eigenvalue weighted by atomic mass is 10.0. The minimum absolute atomic E-state index is 0.189. The van der Waals surface area contributed by atoms with E-state index in [-0.39, 0.29) is 5.88 Å². The van der Waals surface area contributed by atoms with E-state index in [4.69, 9.17) is 14.5 Å². The SMILES string of the molecule is Cc1nc2ccc(Nc3cc(OC(C)F)n[nH]3)nc2n1CC1CCOCC1. The molecule has 0 aromatic carbocycles. The third-order valence-corrected chi connectivity index (χ3v) is 4.66. The van der Waals surface area contributed by atoms with E-state index in [2.05, 4.69) is 25.1 Å². The molecule has 3 aromatic rings. The van der Waals surface area contributed by atoms with Crippen LogP contribution >= 0.6 is 0 Å². The van der Waals surface area contributed by atoms with Gasteiger partial charge in [0.2, 0.25) is 12.2 Å². The average Bonchev–Trinajstić information content (AvgIpc) is 3.20. The third kappa shape index (κ3) is 4.02. The first-order chi connectivity index (χ1) is 13.1. The Morgan fingerprint density at radius 1 is 1.37 bits per heavy atom. The fourth-order valence-electron chi connectivity index (χ4n) is 3.32. The van der Waals surface area contributed by atoms with Gasteiger partial charge in [-0.25, -0.2) is 14.4 Å². The van der Waals surface area contributed by atoms with Crippen LogP contribution in [-0.2, 0) is 11.3 Å². The zero-order valence-corrected chi connectivity index (χ0v) is 15.4. The summed E-state index contributed by atoms with van der Waals surface area (Å²) in [6, 6.07) is 5.38. The number of ether oxygens (including phenoxy) is 2. The molecule has 9 heteroatoms. The molecule has 0 spiro atoms. The molecule has 0 radical (unpaired) electrons. The second kappa shape index (κ2) is 7.51. The van der Waals surface area contributed by atoms with Gasteiger partial charge in [0, 0.05) is 32.7 Å². The van der Waals surface area contributed by atoms with E-state index in [0.29, 0.717) is 17.6 Å². The van der Waals surface area contributed by atoms with Crippen LogP contribution in [0, 0.1) is 12.8 Å². The Kier molecular flexibility index (Phi) is 4.93. The van der Waals surface area contributed by atoms with Gasteiger partial charge < -0.3 is 19.4 Å². The monoisotopic (exact) mass is 374 g/mol. The molecular formula is C18H23FN6O2. The largest absolute Gasteiger partial charge is 0.442 e. The molecule has 1 atom stereocenters. The number of imidazole rings is 1. The van der Waals surface area contributed by atoms with E-state index in [1.54, 1.807) is 6.07 Å². The lowest BCUT2D eigenvalue weighted by Crippen LogP contribution is -2.21. The average molecular weight is 374 g/mol. The van der Waals surface area contributed by atoms with Crippen molar-refractivity contribution in [2.75, 3.05) is 18.5 Å². The van der Waals surface area contributed by atoms with Gasteiger partial charge in [-0.15, -0.1) is 5.10 Å². The molecule has 3 aromatic heterocycles. The van der Waals surface area contributed by atoms with E-state index in [1.165, 1.54) is 6.92 Å². The number of nitrogens with one attached hydrogen (secondary N) is 2. The smallest absolute Gasteiger partial charge is 0.237 e. The summed E-state index contributed by atoms with van der Waals surface area (Å²) in [5.74, 6) is 2.94. The predicted molar refractivity (Wildman–Crippen MR) is 98.9 cm³/mol. The van der Waals surface area contributed by atoms with Crippen molar-refractivity contribution in [2.24, 2.45) is 5.92 Å². The molecule has 2 N–H and O–H groups in total. The fourth-order valence-corrected chi connectivity index (χ4v) is 3.32. The highest BCUT2D eigenvalue weighted by atomic mass is 19.1. The van der Waals surface area contributed by atoms with Crippen molar-refractivity contribution in [1.29, 1.82) is 0 Å². The quantitative estimate of drug-likeness (QED) is 0.688. The first-order valence-electron chi connectivity index (χ1n) is 9.13. The molecule has 1 aliphatic heterocycles. The van der Waals surface area contributed by atoms with Gasteiger partial charge >= 0.3 is 0 Å². The van der Waals surface area contributed by atoms with Gasteiger partial charge in [-0.3, -0.25) is 5.10 Å². The Bertz CT molecular complexity index is 916. The summed E-state index contributed by atoms with van der Waals surface area (Å²) >= 11 is 0. The Morgan fingerprint density at radius 2 is 2.19 bits per heavy atom. The number of nitrogens with zero attached hydrogens (tertiary/aromatic N) is 4. The highest BCUT2D eigenvalue weighted by Crippen LogP contribution is 2.24. The molecule has 144 valence electrons. The number of rotatable bonds is 6. The molecule has 1 saturated heterocycles. The molecule has 4 heterocycles. The van der Waals surface area contributed by atoms with Crippen molar-refractivity contribution in [2.45, 2.75) is 39.6 Å². The maximum atomic E-state index is 12.9. The Labute approximate surface area is 156 Å². The molecule has 0 amide bonds. The Balaban J connectivity index is 1.55. The molecule has 0 saturated carbocycles. The van der Waals surface area contributed by atoms with Crippen LogP contribution < -0.4 is 10.1 Å². The Hall–Kier alpha value is -2.68. The van der Waals surface area contributed by atoms with Gasteiger partial charge in [-0.2, -0.15) is 0 Å². The number of aromatic amines is 1. The number of hydrogen-bond donors (Lipinski definition) is 2. The zero-order valence-electron chi connectivity index (χ0n) is 15.4. The van der Waals surface area contributed by atoms with Gasteiger partial charge in [-0.1, -0.05) is 0 Å². The second-order valence-electron chi connectivity index (χ2n) is 6.77. The number of fused-ring (bicyclic) bond motifs is 1. The van der Waals surface area contributed by atoms with Crippen molar-refractivity contribution >= 4 is 22.8 Å². The number of aromatic nitrogens is 5. The van der Waals surface area contributed by atoms with Gasteiger partial charge in [0.15, 0.2) is 5.65 Å². The van der Waals surface area contributed by atoms with Crippen LogP contribution in [0.2, 0.25) is 0 Å². The van der Waals surface area contributed by atoms with Crippen molar-refractivity contribution in [3.8, 4) is 5.88 Å². The van der Waals surface area contributed by atoms with Crippen LogP contribution in [0.25, 0.3) is 11.2 Å². The lowest BCUT2D eigenvalue weighted by Gasteiger charge is -2.23. The topological polar surface area (TPSA) is 89.9 Å². The molecule has 1 unspecified atom stereocenters. The summed E-state index contributed by atoms with van der Waals surface area (Å²) in [5, 5.41) is 9.81. The van der Waals surface area contributed by atoms with E-state index >= 15 is 0 Å². The minimum Gasteiger partial charge on any atom is -0.442 e. The number of halogens is 1. The molecule has 1 aliphatic rings. The maximum Gasteiger partial charge on any atom is 0.237 e. The van der Waals surface area contributed by atoms with Crippen molar-refractivity contribution in [3.63, 3.8) is 0 Å². The maximum absolute atomic E-state index is 12.9. The Morgan fingerprint density at radius 3 is 2.96 bits per heavy atom. The normalized spacial score (nSPS) is 16.6. The predicted octanol–water partition coefficient (Wildman–Crippen LogP) is 3.33. The number of aryl methyl sites for hydroxylation is 1. The standard InChI is InChI=1S/C18H23FN6O2/c1-11(19)27-17-9-16(23-24-17)21-15-4-3-14-18(22-15)25(12(2)20-14)10-13-5-7-26-8-6-13/h3-4,9,11,13H,5-8,10H2,1-2H3,(H2,21,22,23,24). The van der Waals surface area contributed by atoms with Crippen LogP contribution in [0.4, 0.5) is 16.0 Å². The third-order valence-electron chi connectivity index (χ3n) is 4.66. The summed E-state index contributed by atoms with van der Waals surface area (Å²) in [6.07, 6.45) is 0.695. The summed E-state index contributed by atoms with van der Waals surface area (Å²) in [4.78, 5) is 9.35. The molecular weight excluding hydrogens is 351 g/mol.